The molecule has 0 amide bonds. The largest absolute Gasteiger partial charge is 0.392 e. The minimum atomic E-state index is -3.50. The summed E-state index contributed by atoms with van der Waals surface area (Å²) in [6.07, 6.45) is 3.59. The predicted octanol–water partition coefficient (Wildman–Crippen LogP) is 0.236. The zero-order valence-electron chi connectivity index (χ0n) is 9.75. The Hall–Kier alpha value is -0.990. The first kappa shape index (κ1) is 14.1. The van der Waals surface area contributed by atoms with Gasteiger partial charge in [-0.15, -0.1) is 0 Å². The molecule has 1 heterocycles. The van der Waals surface area contributed by atoms with E-state index in [4.69, 9.17) is 18.0 Å². The number of hydrogen-bond donors (Lipinski definition) is 2. The molecule has 6 nitrogen and oxygen atoms in total. The molecule has 1 rings (SSSR count). The van der Waals surface area contributed by atoms with Gasteiger partial charge in [0.1, 0.15) is 5.25 Å². The number of thiocarbonyl (C=S) groups is 1. The van der Waals surface area contributed by atoms with Crippen molar-refractivity contribution >= 4 is 27.2 Å². The number of nitrogens with one attached hydrogen (secondary N) is 1. The fraction of sp³-hybridized carbons (Fsp3) is 0.556. The lowest BCUT2D eigenvalue weighted by Crippen LogP contribution is -2.42. The Labute approximate surface area is 106 Å². The standard InChI is InChI=1S/C9H16N4O2S2/c1-3-8(9(10)16)17(14,15)13(2)6-7-4-11-12-5-7/h4-5,8H,3,6H2,1-2H3,(H2,10,16)(H,11,12). The van der Waals surface area contributed by atoms with E-state index in [-0.39, 0.29) is 11.5 Å². The highest BCUT2D eigenvalue weighted by molar-refractivity contribution is 7.92. The van der Waals surface area contributed by atoms with Crippen molar-refractivity contribution in [3.05, 3.63) is 18.0 Å². The summed E-state index contributed by atoms with van der Waals surface area (Å²) in [4.78, 5) is 0.00606. The van der Waals surface area contributed by atoms with E-state index in [1.807, 2.05) is 0 Å². The van der Waals surface area contributed by atoms with Crippen molar-refractivity contribution in [2.75, 3.05) is 7.05 Å². The molecule has 0 saturated carbocycles. The van der Waals surface area contributed by atoms with Gasteiger partial charge < -0.3 is 5.73 Å². The third-order valence-electron chi connectivity index (χ3n) is 2.44. The number of H-pyrrole nitrogens is 1. The van der Waals surface area contributed by atoms with E-state index in [1.54, 1.807) is 19.3 Å². The molecule has 8 heteroatoms. The van der Waals surface area contributed by atoms with Crippen LogP contribution in [-0.2, 0) is 16.6 Å². The number of sulfonamides is 1. The van der Waals surface area contributed by atoms with Crippen molar-refractivity contribution in [1.82, 2.24) is 14.5 Å². The number of aromatic amines is 1. The molecule has 0 bridgehead atoms. The molecule has 17 heavy (non-hydrogen) atoms. The van der Waals surface area contributed by atoms with E-state index in [2.05, 4.69) is 10.2 Å². The van der Waals surface area contributed by atoms with Crippen molar-refractivity contribution in [1.29, 1.82) is 0 Å². The summed E-state index contributed by atoms with van der Waals surface area (Å²) < 4.78 is 25.6. The van der Waals surface area contributed by atoms with Crippen LogP contribution in [0.1, 0.15) is 18.9 Å². The molecule has 0 aliphatic rings. The summed E-state index contributed by atoms with van der Waals surface area (Å²) in [5.41, 5.74) is 6.24. The third kappa shape index (κ3) is 3.24. The van der Waals surface area contributed by atoms with Gasteiger partial charge in [-0.05, 0) is 6.42 Å². The second-order valence-electron chi connectivity index (χ2n) is 3.71. The lowest BCUT2D eigenvalue weighted by molar-refractivity contribution is 0.461. The summed E-state index contributed by atoms with van der Waals surface area (Å²) in [6.45, 7) is 1.99. The zero-order valence-corrected chi connectivity index (χ0v) is 11.4. The van der Waals surface area contributed by atoms with Crippen LogP contribution in [0.15, 0.2) is 12.4 Å². The van der Waals surface area contributed by atoms with Gasteiger partial charge in [0.25, 0.3) is 0 Å². The van der Waals surface area contributed by atoms with Crippen molar-refractivity contribution in [3.63, 3.8) is 0 Å². The van der Waals surface area contributed by atoms with E-state index in [1.165, 1.54) is 11.4 Å². The van der Waals surface area contributed by atoms with Gasteiger partial charge in [0.2, 0.25) is 10.0 Å². The molecule has 0 spiro atoms. The van der Waals surface area contributed by atoms with Gasteiger partial charge in [0, 0.05) is 25.4 Å². The Morgan fingerprint density at radius 1 is 1.71 bits per heavy atom. The van der Waals surface area contributed by atoms with E-state index in [0.717, 1.165) is 5.56 Å². The zero-order chi connectivity index (χ0) is 13.1. The van der Waals surface area contributed by atoms with Gasteiger partial charge in [-0.2, -0.15) is 9.40 Å². The number of aromatic nitrogens is 2. The molecule has 0 fully saturated rings. The second-order valence-corrected chi connectivity index (χ2v) is 6.40. The van der Waals surface area contributed by atoms with Gasteiger partial charge in [-0.1, -0.05) is 19.1 Å². The van der Waals surface area contributed by atoms with Gasteiger partial charge in [-0.3, -0.25) is 5.10 Å². The molecule has 0 aliphatic heterocycles. The smallest absolute Gasteiger partial charge is 0.223 e. The van der Waals surface area contributed by atoms with Crippen LogP contribution in [0.25, 0.3) is 0 Å². The molecule has 1 aromatic heterocycles. The third-order valence-corrected chi connectivity index (χ3v) is 5.18. The van der Waals surface area contributed by atoms with Gasteiger partial charge in [0.05, 0.1) is 11.2 Å². The van der Waals surface area contributed by atoms with Gasteiger partial charge in [-0.25, -0.2) is 8.42 Å². The molecule has 0 aromatic carbocycles. The van der Waals surface area contributed by atoms with Crippen LogP contribution in [0.3, 0.4) is 0 Å². The minimum absolute atomic E-state index is 0.00606. The van der Waals surface area contributed by atoms with E-state index in [0.29, 0.717) is 6.42 Å². The highest BCUT2D eigenvalue weighted by atomic mass is 32.2. The second kappa shape index (κ2) is 5.56. The number of rotatable bonds is 6. The maximum absolute atomic E-state index is 12.2. The molecular weight excluding hydrogens is 260 g/mol. The Morgan fingerprint density at radius 2 is 2.35 bits per heavy atom. The Morgan fingerprint density at radius 3 is 2.76 bits per heavy atom. The van der Waals surface area contributed by atoms with Crippen molar-refractivity contribution in [2.45, 2.75) is 25.1 Å². The maximum atomic E-state index is 12.2. The molecule has 0 aliphatic carbocycles. The molecular formula is C9H16N4O2S2. The van der Waals surface area contributed by atoms with Crippen LogP contribution >= 0.6 is 12.2 Å². The number of nitrogens with zero attached hydrogens (tertiary/aromatic N) is 2. The Balaban J connectivity index is 2.86. The van der Waals surface area contributed by atoms with Gasteiger partial charge in [0.15, 0.2) is 0 Å². The molecule has 1 aromatic rings. The maximum Gasteiger partial charge on any atom is 0.223 e. The van der Waals surface area contributed by atoms with Gasteiger partial charge >= 0.3 is 0 Å². The molecule has 3 N–H and O–H groups in total. The quantitative estimate of drug-likeness (QED) is 0.726. The van der Waals surface area contributed by atoms with E-state index in [9.17, 15) is 8.42 Å². The molecule has 0 radical (unpaired) electrons. The average Bonchev–Trinajstić information content (AvgIpc) is 2.70. The first-order valence-electron chi connectivity index (χ1n) is 5.11. The van der Waals surface area contributed by atoms with E-state index < -0.39 is 15.3 Å². The highest BCUT2D eigenvalue weighted by Gasteiger charge is 2.30. The highest BCUT2D eigenvalue weighted by Crippen LogP contribution is 2.14. The molecule has 1 unspecified atom stereocenters. The topological polar surface area (TPSA) is 92.1 Å². The Bertz CT molecular complexity index is 469. The van der Waals surface area contributed by atoms with Crippen LogP contribution in [-0.4, -0.2) is 40.2 Å². The fourth-order valence-electron chi connectivity index (χ4n) is 1.49. The first-order chi connectivity index (χ1) is 7.89. The first-order valence-corrected chi connectivity index (χ1v) is 7.02. The summed E-state index contributed by atoms with van der Waals surface area (Å²) in [5, 5.41) is 5.58. The van der Waals surface area contributed by atoms with Crippen molar-refractivity contribution in [3.8, 4) is 0 Å². The Kier molecular flexibility index (Phi) is 4.61. The summed E-state index contributed by atoms with van der Waals surface area (Å²) in [7, 11) is -2.00. The average molecular weight is 276 g/mol. The van der Waals surface area contributed by atoms with Crippen LogP contribution in [0, 0.1) is 0 Å². The monoisotopic (exact) mass is 276 g/mol. The van der Waals surface area contributed by atoms with Crippen LogP contribution in [0.2, 0.25) is 0 Å². The SMILES string of the molecule is CCC(C(N)=S)S(=O)(=O)N(C)Cc1cn[nH]c1. The van der Waals surface area contributed by atoms with Crippen molar-refractivity contribution in [2.24, 2.45) is 5.73 Å². The molecule has 1 atom stereocenters. The predicted molar refractivity (Wildman–Crippen MR) is 69.8 cm³/mol. The summed E-state index contributed by atoms with van der Waals surface area (Å²) in [5.74, 6) is 0. The minimum Gasteiger partial charge on any atom is -0.392 e. The van der Waals surface area contributed by atoms with Crippen molar-refractivity contribution < 1.29 is 8.42 Å². The summed E-state index contributed by atoms with van der Waals surface area (Å²) in [6, 6.07) is 0. The van der Waals surface area contributed by atoms with Crippen LogP contribution in [0.4, 0.5) is 0 Å². The number of nitrogens with two attached hydrogens (primary N) is 1. The normalized spacial score (nSPS) is 13.8. The lowest BCUT2D eigenvalue weighted by atomic mass is 10.3. The lowest BCUT2D eigenvalue weighted by Gasteiger charge is -2.22. The van der Waals surface area contributed by atoms with Crippen LogP contribution in [0.5, 0.6) is 0 Å². The fourth-order valence-corrected chi connectivity index (χ4v) is 3.50. The summed E-state index contributed by atoms with van der Waals surface area (Å²) >= 11 is 4.78. The van der Waals surface area contributed by atoms with E-state index >= 15 is 0 Å². The molecule has 0 saturated heterocycles. The molecule has 96 valence electrons. The number of hydrogen-bond acceptors (Lipinski definition) is 4. The van der Waals surface area contributed by atoms with Crippen LogP contribution < -0.4 is 5.73 Å².